The van der Waals surface area contributed by atoms with Gasteiger partial charge in [-0.05, 0) is 23.8 Å². The summed E-state index contributed by atoms with van der Waals surface area (Å²) in [7, 11) is 0. The fourth-order valence-electron chi connectivity index (χ4n) is 3.05. The van der Waals surface area contributed by atoms with Crippen molar-refractivity contribution in [1.82, 2.24) is 0 Å². The highest BCUT2D eigenvalue weighted by Gasteiger charge is 2.28. The lowest BCUT2D eigenvalue weighted by Gasteiger charge is -2.06. The van der Waals surface area contributed by atoms with Crippen molar-refractivity contribution >= 4 is 17.3 Å². The van der Waals surface area contributed by atoms with E-state index in [9.17, 15) is 4.79 Å². The number of hydrogen-bond donors (Lipinski definition) is 2. The standard InChI is InChI=1S/C20H15N3O/c21-20(24)17-12-6-11-16-18(17)14-9-4-5-10-15(14)19(16)23-22-13-7-2-1-3-8-13/h1-12,22H,(H2,21,24)/b23-19-. The highest BCUT2D eigenvalue weighted by Crippen LogP contribution is 2.39. The summed E-state index contributed by atoms with van der Waals surface area (Å²) < 4.78 is 0. The van der Waals surface area contributed by atoms with Crippen LogP contribution in [-0.2, 0) is 0 Å². The molecule has 0 heterocycles. The van der Waals surface area contributed by atoms with Crippen LogP contribution in [-0.4, -0.2) is 11.6 Å². The first kappa shape index (κ1) is 14.2. The molecular weight excluding hydrogens is 298 g/mol. The van der Waals surface area contributed by atoms with E-state index in [1.807, 2.05) is 66.7 Å². The van der Waals surface area contributed by atoms with Gasteiger partial charge in [0.05, 0.1) is 11.4 Å². The summed E-state index contributed by atoms with van der Waals surface area (Å²) in [4.78, 5) is 11.8. The molecular formula is C20H15N3O. The molecule has 0 aromatic heterocycles. The predicted octanol–water partition coefficient (Wildman–Crippen LogP) is 3.63. The van der Waals surface area contributed by atoms with Crippen molar-refractivity contribution < 1.29 is 4.79 Å². The maximum Gasteiger partial charge on any atom is 0.249 e. The summed E-state index contributed by atoms with van der Waals surface area (Å²) in [6.07, 6.45) is 0. The zero-order valence-electron chi connectivity index (χ0n) is 12.9. The number of carbonyl (C=O) groups excluding carboxylic acids is 1. The number of nitrogens with zero attached hydrogens (tertiary/aromatic N) is 1. The van der Waals surface area contributed by atoms with E-state index in [0.29, 0.717) is 5.56 Å². The van der Waals surface area contributed by atoms with E-state index in [0.717, 1.165) is 33.7 Å². The number of amides is 1. The number of para-hydroxylation sites is 1. The molecule has 1 amide bonds. The molecule has 0 radical (unpaired) electrons. The zero-order valence-corrected chi connectivity index (χ0v) is 12.9. The fraction of sp³-hybridized carbons (Fsp3) is 0. The van der Waals surface area contributed by atoms with Crippen LogP contribution in [0.1, 0.15) is 21.5 Å². The van der Waals surface area contributed by atoms with Gasteiger partial charge in [0.1, 0.15) is 0 Å². The van der Waals surface area contributed by atoms with Crippen LogP contribution in [0.15, 0.2) is 77.9 Å². The molecule has 0 unspecified atom stereocenters. The van der Waals surface area contributed by atoms with E-state index < -0.39 is 5.91 Å². The second-order valence-corrected chi connectivity index (χ2v) is 5.58. The van der Waals surface area contributed by atoms with Gasteiger partial charge in [0, 0.05) is 22.3 Å². The second-order valence-electron chi connectivity index (χ2n) is 5.58. The van der Waals surface area contributed by atoms with E-state index in [4.69, 9.17) is 5.73 Å². The Morgan fingerprint density at radius 1 is 0.792 bits per heavy atom. The average molecular weight is 313 g/mol. The summed E-state index contributed by atoms with van der Waals surface area (Å²) in [5.74, 6) is -0.432. The number of rotatable bonds is 3. The van der Waals surface area contributed by atoms with Gasteiger partial charge in [0.2, 0.25) is 5.91 Å². The van der Waals surface area contributed by atoms with E-state index in [2.05, 4.69) is 10.5 Å². The molecule has 0 spiro atoms. The largest absolute Gasteiger partial charge is 0.366 e. The molecule has 0 fully saturated rings. The van der Waals surface area contributed by atoms with Crippen LogP contribution in [0.2, 0.25) is 0 Å². The van der Waals surface area contributed by atoms with E-state index >= 15 is 0 Å². The molecule has 116 valence electrons. The van der Waals surface area contributed by atoms with Gasteiger partial charge in [0.25, 0.3) is 0 Å². The third kappa shape index (κ3) is 2.25. The van der Waals surface area contributed by atoms with Crippen molar-refractivity contribution in [2.24, 2.45) is 10.8 Å². The van der Waals surface area contributed by atoms with Gasteiger partial charge in [-0.15, -0.1) is 0 Å². The van der Waals surface area contributed by atoms with Gasteiger partial charge in [-0.3, -0.25) is 10.2 Å². The van der Waals surface area contributed by atoms with Gasteiger partial charge in [-0.25, -0.2) is 0 Å². The smallest absolute Gasteiger partial charge is 0.249 e. The summed E-state index contributed by atoms with van der Waals surface area (Å²) >= 11 is 0. The molecule has 0 aliphatic heterocycles. The third-order valence-corrected chi connectivity index (χ3v) is 4.11. The molecule has 0 saturated carbocycles. The van der Waals surface area contributed by atoms with Crippen molar-refractivity contribution in [3.63, 3.8) is 0 Å². The number of nitrogens with two attached hydrogens (primary N) is 1. The Hall–Kier alpha value is -3.40. The van der Waals surface area contributed by atoms with Crippen LogP contribution >= 0.6 is 0 Å². The van der Waals surface area contributed by atoms with Gasteiger partial charge < -0.3 is 5.73 Å². The molecule has 3 N–H and O–H groups in total. The molecule has 3 aromatic carbocycles. The third-order valence-electron chi connectivity index (χ3n) is 4.11. The van der Waals surface area contributed by atoms with Gasteiger partial charge in [-0.2, -0.15) is 5.10 Å². The zero-order chi connectivity index (χ0) is 16.5. The summed E-state index contributed by atoms with van der Waals surface area (Å²) in [6, 6.07) is 23.2. The number of fused-ring (bicyclic) bond motifs is 3. The van der Waals surface area contributed by atoms with Crippen LogP contribution in [0.25, 0.3) is 11.1 Å². The first-order chi connectivity index (χ1) is 11.8. The number of carbonyl (C=O) groups is 1. The minimum Gasteiger partial charge on any atom is -0.366 e. The van der Waals surface area contributed by atoms with E-state index in [1.165, 1.54) is 0 Å². The molecule has 24 heavy (non-hydrogen) atoms. The van der Waals surface area contributed by atoms with E-state index in [-0.39, 0.29) is 0 Å². The first-order valence-corrected chi connectivity index (χ1v) is 7.67. The Bertz CT molecular complexity index is 962. The first-order valence-electron chi connectivity index (χ1n) is 7.67. The Kier molecular flexibility index (Phi) is 3.35. The summed E-state index contributed by atoms with van der Waals surface area (Å²) in [5, 5.41) is 4.59. The van der Waals surface area contributed by atoms with E-state index in [1.54, 1.807) is 6.07 Å². The second kappa shape index (κ2) is 5.66. The lowest BCUT2D eigenvalue weighted by molar-refractivity contribution is 0.100. The Labute approximate surface area is 139 Å². The highest BCUT2D eigenvalue weighted by molar-refractivity contribution is 6.27. The molecule has 4 rings (SSSR count). The number of hydrogen-bond acceptors (Lipinski definition) is 3. The predicted molar refractivity (Wildman–Crippen MR) is 96.1 cm³/mol. The number of anilines is 1. The Morgan fingerprint density at radius 2 is 1.46 bits per heavy atom. The normalized spacial score (nSPS) is 13.4. The molecule has 0 atom stereocenters. The SMILES string of the molecule is NC(=O)c1cccc2c1-c1ccccc1/C2=N/Nc1ccccc1. The van der Waals surface area contributed by atoms with Crippen molar-refractivity contribution in [2.75, 3.05) is 5.43 Å². The number of primary amides is 1. The van der Waals surface area contributed by atoms with Crippen molar-refractivity contribution in [3.8, 4) is 11.1 Å². The lowest BCUT2D eigenvalue weighted by atomic mass is 9.99. The minimum atomic E-state index is -0.432. The van der Waals surface area contributed by atoms with Crippen molar-refractivity contribution in [1.29, 1.82) is 0 Å². The number of hydrazone groups is 1. The van der Waals surface area contributed by atoms with Gasteiger partial charge in [0.15, 0.2) is 0 Å². The van der Waals surface area contributed by atoms with Gasteiger partial charge >= 0.3 is 0 Å². The molecule has 1 aliphatic carbocycles. The van der Waals surface area contributed by atoms with Crippen LogP contribution in [0.4, 0.5) is 5.69 Å². The maximum atomic E-state index is 11.8. The number of nitrogens with one attached hydrogen (secondary N) is 1. The van der Waals surface area contributed by atoms with Crippen LogP contribution in [0.3, 0.4) is 0 Å². The molecule has 4 nitrogen and oxygen atoms in total. The quantitative estimate of drug-likeness (QED) is 0.567. The Balaban J connectivity index is 1.88. The monoisotopic (exact) mass is 313 g/mol. The van der Waals surface area contributed by atoms with Crippen LogP contribution < -0.4 is 11.2 Å². The summed E-state index contributed by atoms with van der Waals surface area (Å²) in [6.45, 7) is 0. The highest BCUT2D eigenvalue weighted by atomic mass is 16.1. The lowest BCUT2D eigenvalue weighted by Crippen LogP contribution is -2.12. The molecule has 4 heteroatoms. The summed E-state index contributed by atoms with van der Waals surface area (Å²) in [5.41, 5.74) is 14.6. The maximum absolute atomic E-state index is 11.8. The van der Waals surface area contributed by atoms with Crippen LogP contribution in [0, 0.1) is 0 Å². The molecule has 3 aromatic rings. The molecule has 0 bridgehead atoms. The average Bonchev–Trinajstić information content (AvgIpc) is 2.94. The van der Waals surface area contributed by atoms with Crippen LogP contribution in [0.5, 0.6) is 0 Å². The minimum absolute atomic E-state index is 0.432. The van der Waals surface area contributed by atoms with Crippen molar-refractivity contribution in [3.05, 3.63) is 89.5 Å². The number of benzene rings is 3. The van der Waals surface area contributed by atoms with Crippen molar-refractivity contribution in [2.45, 2.75) is 0 Å². The fourth-order valence-corrected chi connectivity index (χ4v) is 3.05. The molecule has 1 aliphatic rings. The molecule has 0 saturated heterocycles. The topological polar surface area (TPSA) is 67.5 Å². The van der Waals surface area contributed by atoms with Gasteiger partial charge in [-0.1, -0.05) is 54.6 Å². The Morgan fingerprint density at radius 3 is 2.21 bits per heavy atom.